The summed E-state index contributed by atoms with van der Waals surface area (Å²) in [5, 5.41) is 4.13. The molecule has 11 heteroatoms. The van der Waals surface area contributed by atoms with Crippen molar-refractivity contribution in [1.82, 2.24) is 19.7 Å². The van der Waals surface area contributed by atoms with E-state index in [9.17, 15) is 13.2 Å². The molecular weight excluding hydrogens is 449 g/mol. The van der Waals surface area contributed by atoms with E-state index < -0.39 is 11.9 Å². The maximum Gasteiger partial charge on any atom is 0.433 e. The van der Waals surface area contributed by atoms with Gasteiger partial charge < -0.3 is 24.3 Å². The van der Waals surface area contributed by atoms with Gasteiger partial charge in [0, 0.05) is 20.2 Å². The fourth-order valence-corrected chi connectivity index (χ4v) is 4.89. The van der Waals surface area contributed by atoms with Crippen LogP contribution in [-0.4, -0.2) is 52.9 Å². The van der Waals surface area contributed by atoms with Crippen LogP contribution in [-0.2, 0) is 16.5 Å². The zero-order chi connectivity index (χ0) is 24.3. The number of anilines is 2. The average Bonchev–Trinajstić information content (AvgIpc) is 3.53. The molecule has 0 radical (unpaired) electrons. The molecule has 1 unspecified atom stereocenters. The minimum absolute atomic E-state index is 0.00433. The van der Waals surface area contributed by atoms with E-state index in [1.165, 1.54) is 28.3 Å². The molecule has 3 heterocycles. The van der Waals surface area contributed by atoms with Gasteiger partial charge in [0.05, 0.1) is 31.3 Å². The Balaban J connectivity index is 1.70. The minimum Gasteiger partial charge on any atom is -0.373 e. The van der Waals surface area contributed by atoms with Gasteiger partial charge in [0.1, 0.15) is 35.9 Å². The number of hydrogen-bond donors (Lipinski definition) is 1. The molecule has 0 saturated heterocycles. The lowest BCUT2D eigenvalue weighted by Crippen LogP contribution is -2.32. The Morgan fingerprint density at radius 2 is 2.03 bits per heavy atom. The molecule has 8 nitrogen and oxygen atoms in total. The van der Waals surface area contributed by atoms with Crippen LogP contribution in [0.25, 0.3) is 0 Å². The minimum atomic E-state index is -4.62. The van der Waals surface area contributed by atoms with Crippen molar-refractivity contribution in [3.05, 3.63) is 48.3 Å². The summed E-state index contributed by atoms with van der Waals surface area (Å²) in [6.45, 7) is 3.42. The number of nitrogens with zero attached hydrogens (tertiary/aromatic N) is 5. The van der Waals surface area contributed by atoms with Gasteiger partial charge in [0.2, 0.25) is 0 Å². The Morgan fingerprint density at radius 3 is 2.65 bits per heavy atom. The monoisotopic (exact) mass is 480 g/mol. The van der Waals surface area contributed by atoms with E-state index in [1.54, 1.807) is 31.3 Å². The van der Waals surface area contributed by atoms with Gasteiger partial charge in [-0.1, -0.05) is 25.3 Å². The van der Waals surface area contributed by atoms with Crippen LogP contribution < -0.4 is 9.80 Å². The molecular formula is C23H31F3N6O2. The number of rotatable bonds is 9. The normalized spacial score (nSPS) is 18.7. The number of aryl methyl sites for hydroxylation is 1. The van der Waals surface area contributed by atoms with Crippen molar-refractivity contribution in [2.24, 2.45) is 13.0 Å². The van der Waals surface area contributed by atoms with Crippen LogP contribution in [0.3, 0.4) is 0 Å². The molecule has 186 valence electrons. The third kappa shape index (κ3) is 4.85. The summed E-state index contributed by atoms with van der Waals surface area (Å²) in [5.74, 6) is 1.63. The number of hydrogen-bond acceptors (Lipinski definition) is 6. The Bertz CT molecular complexity index is 1010. The number of H-pyrrole nitrogens is 1. The molecule has 1 atom stereocenters. The Morgan fingerprint density at radius 1 is 1.26 bits per heavy atom. The number of halogens is 3. The van der Waals surface area contributed by atoms with Gasteiger partial charge in [-0.2, -0.15) is 18.3 Å². The van der Waals surface area contributed by atoms with Gasteiger partial charge in [0.25, 0.3) is 0 Å². The van der Waals surface area contributed by atoms with Gasteiger partial charge >= 0.3 is 6.18 Å². The first-order chi connectivity index (χ1) is 16.3. The van der Waals surface area contributed by atoms with E-state index in [0.29, 0.717) is 17.6 Å². The topological polar surface area (TPSA) is 71.4 Å². The maximum absolute atomic E-state index is 14.4. The molecule has 1 aliphatic carbocycles. The molecule has 4 rings (SSSR count). The van der Waals surface area contributed by atoms with Gasteiger partial charge in [0.15, 0.2) is 0 Å². The second-order valence-corrected chi connectivity index (χ2v) is 8.62. The van der Waals surface area contributed by atoms with E-state index in [4.69, 9.17) is 9.47 Å². The molecule has 0 spiro atoms. The quantitative estimate of drug-likeness (QED) is 0.415. The summed E-state index contributed by atoms with van der Waals surface area (Å²) in [7, 11) is 3.31. The fraction of sp³-hybridized carbons (Fsp3) is 0.565. The zero-order valence-corrected chi connectivity index (χ0v) is 19.5. The number of alkyl halides is 3. The summed E-state index contributed by atoms with van der Waals surface area (Å²) in [6.07, 6.45) is 5.10. The second kappa shape index (κ2) is 10.2. The number of aromatic nitrogens is 4. The SMILES string of the molecule is C=CCOCC1=C(C(F)(F)F)N(c2cnc(C(OC)C3CCCCC3)[nH]2)CN1c1ccnn1C. The highest BCUT2D eigenvalue weighted by atomic mass is 19.4. The fourth-order valence-electron chi connectivity index (χ4n) is 4.89. The maximum atomic E-state index is 14.4. The highest BCUT2D eigenvalue weighted by Gasteiger charge is 2.48. The largest absolute Gasteiger partial charge is 0.433 e. The lowest BCUT2D eigenvalue weighted by atomic mass is 9.85. The van der Waals surface area contributed by atoms with E-state index in [2.05, 4.69) is 21.6 Å². The van der Waals surface area contributed by atoms with Crippen LogP contribution in [0.4, 0.5) is 24.8 Å². The molecule has 2 aliphatic rings. The molecule has 1 aliphatic heterocycles. The van der Waals surface area contributed by atoms with Crippen molar-refractivity contribution < 1.29 is 22.6 Å². The van der Waals surface area contributed by atoms with Gasteiger partial charge in [-0.25, -0.2) is 4.98 Å². The molecule has 2 aromatic rings. The number of aromatic amines is 1. The number of methoxy groups -OCH3 is 1. The molecule has 1 saturated carbocycles. The van der Waals surface area contributed by atoms with Gasteiger partial charge in [-0.15, -0.1) is 6.58 Å². The predicted molar refractivity (Wildman–Crippen MR) is 122 cm³/mol. The molecule has 0 aromatic carbocycles. The first kappa shape index (κ1) is 24.3. The molecule has 34 heavy (non-hydrogen) atoms. The smallest absolute Gasteiger partial charge is 0.373 e. The van der Waals surface area contributed by atoms with Gasteiger partial charge in [-0.05, 0) is 18.8 Å². The van der Waals surface area contributed by atoms with Crippen molar-refractivity contribution in [1.29, 1.82) is 0 Å². The molecule has 1 fully saturated rings. The van der Waals surface area contributed by atoms with Crippen molar-refractivity contribution in [2.75, 3.05) is 36.8 Å². The standard InChI is InChI=1S/C23H31F3N6O2/c1-4-12-34-14-17-21(23(24,25)26)32(15-31(17)19-10-11-28-30(19)2)18-13-27-22(29-18)20(33-3)16-8-6-5-7-9-16/h4,10-11,13,16,20H,1,5-9,12,14-15H2,2-3H3,(H,27,29). The Hall–Kier alpha value is -2.79. The van der Waals surface area contributed by atoms with E-state index in [0.717, 1.165) is 25.7 Å². The van der Waals surface area contributed by atoms with Crippen molar-refractivity contribution in [3.63, 3.8) is 0 Å². The highest BCUT2D eigenvalue weighted by molar-refractivity contribution is 5.62. The number of nitrogens with one attached hydrogen (secondary N) is 1. The summed E-state index contributed by atoms with van der Waals surface area (Å²) in [5.41, 5.74) is -0.788. The summed E-state index contributed by atoms with van der Waals surface area (Å²) < 4.78 is 56.0. The lowest BCUT2D eigenvalue weighted by Gasteiger charge is -2.28. The van der Waals surface area contributed by atoms with Crippen LogP contribution in [0.1, 0.15) is 44.0 Å². The van der Waals surface area contributed by atoms with E-state index >= 15 is 0 Å². The van der Waals surface area contributed by atoms with E-state index in [-0.39, 0.29) is 37.5 Å². The summed E-state index contributed by atoms with van der Waals surface area (Å²) >= 11 is 0. The Kier molecular flexibility index (Phi) is 7.32. The predicted octanol–water partition coefficient (Wildman–Crippen LogP) is 4.67. The van der Waals surface area contributed by atoms with E-state index in [1.807, 2.05) is 0 Å². The Labute approximate surface area is 197 Å². The second-order valence-electron chi connectivity index (χ2n) is 8.62. The molecule has 2 aromatic heterocycles. The molecule has 0 amide bonds. The highest BCUT2D eigenvalue weighted by Crippen LogP contribution is 2.42. The third-order valence-electron chi connectivity index (χ3n) is 6.44. The van der Waals surface area contributed by atoms with Crippen molar-refractivity contribution >= 4 is 11.6 Å². The first-order valence-corrected chi connectivity index (χ1v) is 11.4. The average molecular weight is 481 g/mol. The van der Waals surface area contributed by atoms with Crippen molar-refractivity contribution in [3.8, 4) is 0 Å². The number of ether oxygens (including phenoxy) is 2. The van der Waals surface area contributed by atoms with Crippen LogP contribution in [0, 0.1) is 5.92 Å². The zero-order valence-electron chi connectivity index (χ0n) is 19.5. The summed E-state index contributed by atoms with van der Waals surface area (Å²) in [4.78, 5) is 10.3. The third-order valence-corrected chi connectivity index (χ3v) is 6.44. The van der Waals surface area contributed by atoms with Crippen molar-refractivity contribution in [2.45, 2.75) is 44.4 Å². The molecule has 1 N–H and O–H groups in total. The van der Waals surface area contributed by atoms with Gasteiger partial charge in [-0.3, -0.25) is 4.68 Å². The van der Waals surface area contributed by atoms with Crippen LogP contribution in [0.15, 0.2) is 42.5 Å². The van der Waals surface area contributed by atoms with Crippen LogP contribution in [0.2, 0.25) is 0 Å². The number of allylic oxidation sites excluding steroid dienone is 1. The van der Waals surface area contributed by atoms with Crippen LogP contribution >= 0.6 is 0 Å². The number of imidazole rings is 1. The summed E-state index contributed by atoms with van der Waals surface area (Å²) in [6, 6.07) is 1.67. The first-order valence-electron chi connectivity index (χ1n) is 11.4. The molecule has 0 bridgehead atoms. The lowest BCUT2D eigenvalue weighted by molar-refractivity contribution is -0.0937. The van der Waals surface area contributed by atoms with Crippen LogP contribution in [0.5, 0.6) is 0 Å².